The Morgan fingerprint density at radius 3 is 2.68 bits per heavy atom. The molecule has 2 aromatic rings. The van der Waals surface area contributed by atoms with Crippen molar-refractivity contribution in [2.75, 3.05) is 26.4 Å². The molecule has 0 saturated heterocycles. The monoisotopic (exact) mass is 576 g/mol. The second-order valence-corrected chi connectivity index (χ2v) is 9.56. The Labute approximate surface area is 212 Å². The van der Waals surface area contributed by atoms with Crippen molar-refractivity contribution < 1.29 is 0 Å². The lowest BCUT2D eigenvalue weighted by molar-refractivity contribution is 0.477. The fraction of sp³-hybridized carbons (Fsp3) is 0.591. The van der Waals surface area contributed by atoms with Gasteiger partial charge in [0.1, 0.15) is 5.82 Å². The third-order valence-corrected chi connectivity index (χ3v) is 6.40. The van der Waals surface area contributed by atoms with Crippen LogP contribution >= 0.6 is 47.3 Å². The Kier molecular flexibility index (Phi) is 10.4. The number of halogens is 2. The maximum absolute atomic E-state index is 6.18. The fourth-order valence-corrected chi connectivity index (χ4v) is 4.38. The number of benzene rings is 1. The second-order valence-electron chi connectivity index (χ2n) is 8.35. The lowest BCUT2D eigenvalue weighted by atomic mass is 9.96. The van der Waals surface area contributed by atoms with Gasteiger partial charge in [-0.3, -0.25) is 4.99 Å². The van der Waals surface area contributed by atoms with Gasteiger partial charge < -0.3 is 15.2 Å². The first-order valence-electron chi connectivity index (χ1n) is 10.6. The minimum Gasteiger partial charge on any atom is -0.356 e. The summed E-state index contributed by atoms with van der Waals surface area (Å²) in [4.78, 5) is 4.38. The van der Waals surface area contributed by atoms with Crippen LogP contribution in [0.15, 0.2) is 34.4 Å². The van der Waals surface area contributed by atoms with Gasteiger partial charge in [-0.25, -0.2) is 0 Å². The summed E-state index contributed by atoms with van der Waals surface area (Å²) in [5.41, 5.74) is 1.50. The Morgan fingerprint density at radius 2 is 2.06 bits per heavy atom. The molecule has 0 amide bonds. The van der Waals surface area contributed by atoms with Gasteiger partial charge >= 0.3 is 0 Å². The Hall–Kier alpha value is -1.000. The maximum atomic E-state index is 6.18. The van der Waals surface area contributed by atoms with Gasteiger partial charge in [0, 0.05) is 43.5 Å². The highest BCUT2D eigenvalue weighted by atomic mass is 127. The zero-order chi connectivity index (χ0) is 21.6. The molecule has 9 heteroatoms. The standard InChI is InChI=1S/C22H33ClN6S.HI/c1-16(2)14-29-19(27-28-21(29)30-4)9-6-12-25-20(24-3)26-15-22(10-11-22)17-7-5-8-18(23)13-17;/h5,7-8,13,16H,6,9-12,14-15H2,1-4H3,(H2,24,25,26);1H. The number of aromatic nitrogens is 3. The zero-order valence-corrected chi connectivity index (χ0v) is 22.7. The lowest BCUT2D eigenvalue weighted by Gasteiger charge is -2.19. The van der Waals surface area contributed by atoms with Crippen molar-refractivity contribution in [2.45, 2.75) is 56.6 Å². The van der Waals surface area contributed by atoms with Gasteiger partial charge in [-0.1, -0.05) is 49.3 Å². The molecule has 1 aromatic carbocycles. The van der Waals surface area contributed by atoms with Crippen LogP contribution in [0.1, 0.15) is 44.5 Å². The average molecular weight is 577 g/mol. The van der Waals surface area contributed by atoms with Crippen LogP contribution in [0.4, 0.5) is 0 Å². The van der Waals surface area contributed by atoms with Gasteiger partial charge in [0.25, 0.3) is 0 Å². The maximum Gasteiger partial charge on any atom is 0.191 e. The molecule has 1 aliphatic carbocycles. The van der Waals surface area contributed by atoms with E-state index in [1.54, 1.807) is 11.8 Å². The second kappa shape index (κ2) is 12.3. The summed E-state index contributed by atoms with van der Waals surface area (Å²) in [6.07, 6.45) is 6.29. The van der Waals surface area contributed by atoms with E-state index >= 15 is 0 Å². The molecule has 0 aliphatic heterocycles. The van der Waals surface area contributed by atoms with E-state index in [1.165, 1.54) is 18.4 Å². The van der Waals surface area contributed by atoms with Crippen molar-refractivity contribution in [2.24, 2.45) is 10.9 Å². The molecule has 0 atom stereocenters. The molecule has 1 aliphatic rings. The Balaban J connectivity index is 0.00000341. The molecular formula is C22H34ClIN6S. The first kappa shape index (κ1) is 26.3. The smallest absolute Gasteiger partial charge is 0.191 e. The third-order valence-electron chi connectivity index (χ3n) is 5.50. The van der Waals surface area contributed by atoms with E-state index in [0.717, 1.165) is 54.4 Å². The van der Waals surface area contributed by atoms with E-state index in [9.17, 15) is 0 Å². The minimum absolute atomic E-state index is 0. The summed E-state index contributed by atoms with van der Waals surface area (Å²) in [7, 11) is 1.82. The van der Waals surface area contributed by atoms with Crippen LogP contribution in [0.25, 0.3) is 0 Å². The number of hydrogen-bond donors (Lipinski definition) is 2. The third kappa shape index (κ3) is 7.25. The summed E-state index contributed by atoms with van der Waals surface area (Å²) < 4.78 is 2.25. The van der Waals surface area contributed by atoms with Crippen molar-refractivity contribution in [1.82, 2.24) is 25.4 Å². The quantitative estimate of drug-likeness (QED) is 0.140. The highest BCUT2D eigenvalue weighted by molar-refractivity contribution is 14.0. The summed E-state index contributed by atoms with van der Waals surface area (Å²) in [5.74, 6) is 2.48. The number of aryl methyl sites for hydroxylation is 1. The molecule has 3 rings (SSSR count). The zero-order valence-electron chi connectivity index (χ0n) is 18.8. The van der Waals surface area contributed by atoms with E-state index in [1.807, 2.05) is 19.2 Å². The Bertz CT molecular complexity index is 865. The predicted molar refractivity (Wildman–Crippen MR) is 142 cm³/mol. The molecular weight excluding hydrogens is 543 g/mol. The molecule has 172 valence electrons. The number of rotatable bonds is 10. The fourth-order valence-electron chi connectivity index (χ4n) is 3.67. The minimum atomic E-state index is 0. The van der Waals surface area contributed by atoms with Crippen LogP contribution in [0.2, 0.25) is 5.02 Å². The lowest BCUT2D eigenvalue weighted by Crippen LogP contribution is -2.41. The summed E-state index contributed by atoms with van der Waals surface area (Å²) in [6.45, 7) is 7.11. The summed E-state index contributed by atoms with van der Waals surface area (Å²) >= 11 is 7.84. The van der Waals surface area contributed by atoms with E-state index < -0.39 is 0 Å². The number of nitrogens with zero attached hydrogens (tertiary/aromatic N) is 4. The number of thioether (sulfide) groups is 1. The number of hydrogen-bond acceptors (Lipinski definition) is 4. The van der Waals surface area contributed by atoms with E-state index in [4.69, 9.17) is 11.6 Å². The van der Waals surface area contributed by atoms with Crippen LogP contribution in [-0.4, -0.2) is 47.1 Å². The van der Waals surface area contributed by atoms with Crippen molar-refractivity contribution in [1.29, 1.82) is 0 Å². The number of aliphatic imine (C=N–C) groups is 1. The van der Waals surface area contributed by atoms with Crippen LogP contribution in [0, 0.1) is 5.92 Å². The Morgan fingerprint density at radius 1 is 1.29 bits per heavy atom. The predicted octanol–water partition coefficient (Wildman–Crippen LogP) is 4.76. The molecule has 0 radical (unpaired) electrons. The molecule has 1 fully saturated rings. The highest BCUT2D eigenvalue weighted by Gasteiger charge is 2.44. The van der Waals surface area contributed by atoms with Crippen LogP contribution in [0.5, 0.6) is 0 Å². The van der Waals surface area contributed by atoms with Crippen molar-refractivity contribution in [3.63, 3.8) is 0 Å². The first-order chi connectivity index (χ1) is 14.5. The SMILES string of the molecule is CN=C(NCCCc1nnc(SC)n1CC(C)C)NCC1(c2cccc(Cl)c2)CC1.I. The molecule has 1 heterocycles. The highest BCUT2D eigenvalue weighted by Crippen LogP contribution is 2.48. The summed E-state index contributed by atoms with van der Waals surface area (Å²) in [6, 6.07) is 8.22. The van der Waals surface area contributed by atoms with Gasteiger partial charge in [-0.15, -0.1) is 34.2 Å². The van der Waals surface area contributed by atoms with Gasteiger partial charge in [0.15, 0.2) is 11.1 Å². The van der Waals surface area contributed by atoms with Crippen molar-refractivity contribution in [3.05, 3.63) is 40.7 Å². The first-order valence-corrected chi connectivity index (χ1v) is 12.2. The van der Waals surface area contributed by atoms with Crippen LogP contribution in [0.3, 0.4) is 0 Å². The molecule has 1 aromatic heterocycles. The van der Waals surface area contributed by atoms with E-state index in [0.29, 0.717) is 5.92 Å². The van der Waals surface area contributed by atoms with Gasteiger partial charge in [-0.05, 0) is 49.1 Å². The van der Waals surface area contributed by atoms with Gasteiger partial charge in [0.2, 0.25) is 0 Å². The largest absolute Gasteiger partial charge is 0.356 e. The molecule has 31 heavy (non-hydrogen) atoms. The van der Waals surface area contributed by atoms with E-state index in [-0.39, 0.29) is 29.4 Å². The van der Waals surface area contributed by atoms with Crippen molar-refractivity contribution in [3.8, 4) is 0 Å². The number of nitrogens with one attached hydrogen (secondary N) is 2. The molecule has 2 N–H and O–H groups in total. The van der Waals surface area contributed by atoms with Crippen LogP contribution < -0.4 is 10.6 Å². The van der Waals surface area contributed by atoms with Gasteiger partial charge in [-0.2, -0.15) is 0 Å². The molecule has 0 spiro atoms. The molecule has 0 bridgehead atoms. The average Bonchev–Trinajstić information content (AvgIpc) is 3.43. The van der Waals surface area contributed by atoms with Crippen molar-refractivity contribution >= 4 is 53.3 Å². The molecule has 6 nitrogen and oxygen atoms in total. The molecule has 0 unspecified atom stereocenters. The number of guanidine groups is 1. The topological polar surface area (TPSA) is 67.1 Å². The van der Waals surface area contributed by atoms with Crippen LogP contribution in [-0.2, 0) is 18.4 Å². The van der Waals surface area contributed by atoms with Gasteiger partial charge in [0.05, 0.1) is 0 Å². The summed E-state index contributed by atoms with van der Waals surface area (Å²) in [5, 5.41) is 17.5. The normalized spacial score (nSPS) is 15.0. The van der Waals surface area contributed by atoms with E-state index in [2.05, 4.69) is 62.6 Å². The molecule has 1 saturated carbocycles.